The van der Waals surface area contributed by atoms with Crippen LogP contribution in [-0.2, 0) is 9.47 Å². The molecule has 1 aliphatic carbocycles. The molecule has 0 spiro atoms. The molecule has 3 fully saturated rings. The van der Waals surface area contributed by atoms with E-state index in [0.717, 1.165) is 57.1 Å². The molecule has 1 saturated carbocycles. The molecule has 2 bridgehead atoms. The predicted octanol–water partition coefficient (Wildman–Crippen LogP) is 2.00. The van der Waals surface area contributed by atoms with Crippen LogP contribution in [0.5, 0.6) is 0 Å². The average Bonchev–Trinajstić information content (AvgIpc) is 3.30. The standard InChI is InChI=1S/C20H33N5O2/c1-19-5-6-20(11-19,27-13-19)12-21-17-8-18(23-14-22-17)25-10-16(26-4)7-15(25)9-24(2)3/h8,14-16H,5-7,9-13H2,1-4H3,(H,21,22,23)/t15-,16-,19?,20?/m0/s1. The summed E-state index contributed by atoms with van der Waals surface area (Å²) in [6.07, 6.45) is 6.50. The van der Waals surface area contributed by atoms with Gasteiger partial charge in [-0.05, 0) is 45.2 Å². The van der Waals surface area contributed by atoms with Crippen LogP contribution in [0.15, 0.2) is 12.4 Å². The van der Waals surface area contributed by atoms with Crippen LogP contribution in [0.3, 0.4) is 0 Å². The maximum atomic E-state index is 6.15. The third-order valence-corrected chi connectivity index (χ3v) is 6.48. The molecule has 3 aliphatic rings. The molecule has 4 atom stereocenters. The van der Waals surface area contributed by atoms with E-state index in [9.17, 15) is 0 Å². The second kappa shape index (κ2) is 7.18. The molecule has 2 aliphatic heterocycles. The predicted molar refractivity (Wildman–Crippen MR) is 106 cm³/mol. The maximum absolute atomic E-state index is 6.15. The van der Waals surface area contributed by atoms with Gasteiger partial charge in [-0.3, -0.25) is 0 Å². The molecular weight excluding hydrogens is 342 g/mol. The Hall–Kier alpha value is -1.44. The minimum Gasteiger partial charge on any atom is -0.380 e. The fourth-order valence-electron chi connectivity index (χ4n) is 5.03. The highest BCUT2D eigenvalue weighted by Crippen LogP contribution is 2.52. The Morgan fingerprint density at radius 2 is 2.22 bits per heavy atom. The van der Waals surface area contributed by atoms with Crippen LogP contribution >= 0.6 is 0 Å². The molecule has 150 valence electrons. The van der Waals surface area contributed by atoms with E-state index in [1.807, 2.05) is 0 Å². The lowest BCUT2D eigenvalue weighted by molar-refractivity contribution is -0.0168. The number of rotatable bonds is 7. The van der Waals surface area contributed by atoms with Gasteiger partial charge in [0.25, 0.3) is 0 Å². The van der Waals surface area contributed by atoms with Crippen molar-refractivity contribution in [2.75, 3.05) is 57.7 Å². The number of anilines is 2. The molecule has 2 unspecified atom stereocenters. The lowest BCUT2D eigenvalue weighted by atomic mass is 9.90. The molecule has 7 nitrogen and oxygen atoms in total. The van der Waals surface area contributed by atoms with Gasteiger partial charge < -0.3 is 24.6 Å². The van der Waals surface area contributed by atoms with Crippen LogP contribution in [0.4, 0.5) is 11.6 Å². The van der Waals surface area contributed by atoms with Crippen LogP contribution in [-0.4, -0.2) is 80.1 Å². The van der Waals surface area contributed by atoms with Crippen molar-refractivity contribution in [3.63, 3.8) is 0 Å². The number of likely N-dealkylation sites (N-methyl/N-ethyl adjacent to an activating group) is 1. The molecule has 27 heavy (non-hydrogen) atoms. The van der Waals surface area contributed by atoms with Gasteiger partial charge in [-0.1, -0.05) is 6.92 Å². The number of methoxy groups -OCH3 is 1. The highest BCUT2D eigenvalue weighted by molar-refractivity contribution is 5.50. The van der Waals surface area contributed by atoms with Crippen molar-refractivity contribution in [3.05, 3.63) is 12.4 Å². The molecule has 0 radical (unpaired) electrons. The third kappa shape index (κ3) is 3.91. The van der Waals surface area contributed by atoms with Gasteiger partial charge in [0.05, 0.1) is 18.3 Å². The summed E-state index contributed by atoms with van der Waals surface area (Å²) in [7, 11) is 6.02. The Balaban J connectivity index is 1.44. The lowest BCUT2D eigenvalue weighted by Crippen LogP contribution is -2.38. The van der Waals surface area contributed by atoms with Crippen molar-refractivity contribution >= 4 is 11.6 Å². The minimum atomic E-state index is -0.0118. The van der Waals surface area contributed by atoms with E-state index < -0.39 is 0 Å². The van der Waals surface area contributed by atoms with E-state index in [2.05, 4.69) is 52.2 Å². The highest BCUT2D eigenvalue weighted by atomic mass is 16.5. The van der Waals surface area contributed by atoms with E-state index in [1.165, 1.54) is 6.42 Å². The van der Waals surface area contributed by atoms with E-state index in [4.69, 9.17) is 9.47 Å². The molecule has 0 aromatic carbocycles. The molecule has 1 N–H and O–H groups in total. The summed E-state index contributed by atoms with van der Waals surface area (Å²) in [6, 6.07) is 2.47. The second-order valence-corrected chi connectivity index (χ2v) is 9.24. The maximum Gasteiger partial charge on any atom is 0.134 e. The van der Waals surface area contributed by atoms with Gasteiger partial charge in [0.1, 0.15) is 18.0 Å². The van der Waals surface area contributed by atoms with Crippen LogP contribution in [0.25, 0.3) is 0 Å². The smallest absolute Gasteiger partial charge is 0.134 e. The third-order valence-electron chi connectivity index (χ3n) is 6.48. The van der Waals surface area contributed by atoms with Gasteiger partial charge in [-0.25, -0.2) is 9.97 Å². The normalized spacial score (nSPS) is 35.4. The SMILES string of the molecule is CO[C@H]1C[C@@H](CN(C)C)N(c2cc(NCC34CCC(C)(CO3)C4)ncn2)C1. The van der Waals surface area contributed by atoms with Crippen molar-refractivity contribution in [1.29, 1.82) is 0 Å². The summed E-state index contributed by atoms with van der Waals surface area (Å²) in [5, 5.41) is 3.52. The van der Waals surface area contributed by atoms with Crippen LogP contribution in [0.2, 0.25) is 0 Å². The topological polar surface area (TPSA) is 62.8 Å². The largest absolute Gasteiger partial charge is 0.380 e. The molecule has 2 saturated heterocycles. The zero-order valence-electron chi connectivity index (χ0n) is 17.1. The second-order valence-electron chi connectivity index (χ2n) is 9.24. The number of aromatic nitrogens is 2. The summed E-state index contributed by atoms with van der Waals surface area (Å²) in [5.74, 6) is 1.85. The Labute approximate surface area is 162 Å². The number of hydrogen-bond donors (Lipinski definition) is 1. The summed E-state index contributed by atoms with van der Waals surface area (Å²) in [5.41, 5.74) is 0.366. The summed E-state index contributed by atoms with van der Waals surface area (Å²) < 4.78 is 11.8. The Morgan fingerprint density at radius 3 is 2.85 bits per heavy atom. The first-order valence-corrected chi connectivity index (χ1v) is 10.0. The quantitative estimate of drug-likeness (QED) is 0.782. The summed E-state index contributed by atoms with van der Waals surface area (Å²) >= 11 is 0. The first kappa shape index (κ1) is 18.9. The van der Waals surface area contributed by atoms with Gasteiger partial charge in [-0.2, -0.15) is 0 Å². The van der Waals surface area contributed by atoms with Crippen molar-refractivity contribution in [3.8, 4) is 0 Å². The monoisotopic (exact) mass is 375 g/mol. The Bertz CT molecular complexity index is 660. The first-order chi connectivity index (χ1) is 12.9. The minimum absolute atomic E-state index is 0.0118. The zero-order valence-corrected chi connectivity index (χ0v) is 17.1. The van der Waals surface area contributed by atoms with Crippen molar-refractivity contribution < 1.29 is 9.47 Å². The van der Waals surface area contributed by atoms with Crippen LogP contribution < -0.4 is 10.2 Å². The van der Waals surface area contributed by atoms with Gasteiger partial charge in [0, 0.05) is 38.9 Å². The van der Waals surface area contributed by atoms with Gasteiger partial charge in [0.15, 0.2) is 0 Å². The molecule has 1 aromatic rings. The first-order valence-electron chi connectivity index (χ1n) is 10.0. The van der Waals surface area contributed by atoms with Crippen molar-refractivity contribution in [1.82, 2.24) is 14.9 Å². The fourth-order valence-corrected chi connectivity index (χ4v) is 5.03. The van der Waals surface area contributed by atoms with Gasteiger partial charge in [0.2, 0.25) is 0 Å². The molecule has 3 heterocycles. The van der Waals surface area contributed by atoms with E-state index in [-0.39, 0.29) is 11.7 Å². The molecule has 7 heteroatoms. The number of ether oxygens (including phenoxy) is 2. The molecule has 1 aromatic heterocycles. The highest BCUT2D eigenvalue weighted by Gasteiger charge is 2.52. The Kier molecular flexibility index (Phi) is 5.03. The van der Waals surface area contributed by atoms with E-state index in [1.54, 1.807) is 13.4 Å². The number of hydrogen-bond acceptors (Lipinski definition) is 7. The van der Waals surface area contributed by atoms with Crippen LogP contribution in [0, 0.1) is 5.41 Å². The van der Waals surface area contributed by atoms with Gasteiger partial charge >= 0.3 is 0 Å². The summed E-state index contributed by atoms with van der Waals surface area (Å²) in [4.78, 5) is 13.6. The molecular formula is C20H33N5O2. The van der Waals surface area contributed by atoms with Crippen molar-refractivity contribution in [2.45, 2.75) is 50.4 Å². The number of nitrogens with zero attached hydrogens (tertiary/aromatic N) is 4. The van der Waals surface area contributed by atoms with E-state index >= 15 is 0 Å². The molecule has 4 rings (SSSR count). The summed E-state index contributed by atoms with van der Waals surface area (Å²) in [6.45, 7) is 5.91. The number of nitrogens with one attached hydrogen (secondary N) is 1. The van der Waals surface area contributed by atoms with E-state index in [0.29, 0.717) is 11.5 Å². The lowest BCUT2D eigenvalue weighted by Gasteiger charge is -2.29. The average molecular weight is 376 g/mol. The van der Waals surface area contributed by atoms with Gasteiger partial charge in [-0.15, -0.1) is 0 Å². The zero-order chi connectivity index (χ0) is 19.1. The van der Waals surface area contributed by atoms with Crippen molar-refractivity contribution in [2.24, 2.45) is 5.41 Å². The fraction of sp³-hybridized carbons (Fsp3) is 0.800. The number of fused-ring (bicyclic) bond motifs is 2. The van der Waals surface area contributed by atoms with Crippen LogP contribution in [0.1, 0.15) is 32.6 Å². The molecule has 0 amide bonds. The Morgan fingerprint density at radius 1 is 1.37 bits per heavy atom.